The van der Waals surface area contributed by atoms with Gasteiger partial charge in [0, 0.05) is 6.61 Å². The molecule has 1 aliphatic heterocycles. The lowest BCUT2D eigenvalue weighted by atomic mass is 9.99. The van der Waals surface area contributed by atoms with Gasteiger partial charge in [0.05, 0.1) is 23.0 Å². The van der Waals surface area contributed by atoms with Crippen LogP contribution in [0.5, 0.6) is 0 Å². The molecule has 110 valence electrons. The van der Waals surface area contributed by atoms with E-state index in [1.165, 1.54) is 11.0 Å². The molecule has 3 N–H and O–H groups in total. The fourth-order valence-corrected chi connectivity index (χ4v) is 2.20. The van der Waals surface area contributed by atoms with Gasteiger partial charge in [0.15, 0.2) is 0 Å². The van der Waals surface area contributed by atoms with Gasteiger partial charge < -0.3 is 15.8 Å². The van der Waals surface area contributed by atoms with Crippen LogP contribution >= 0.6 is 11.6 Å². The average Bonchev–Trinajstić information content (AvgIpc) is 3.13. The number of benzene rings is 1. The van der Waals surface area contributed by atoms with E-state index in [-0.39, 0.29) is 12.5 Å². The molecule has 1 aromatic carbocycles. The molecule has 3 rings (SSSR count). The fraction of sp³-hybridized carbons (Fsp3) is 0.333. The van der Waals surface area contributed by atoms with Crippen molar-refractivity contribution in [3.63, 3.8) is 0 Å². The van der Waals surface area contributed by atoms with Crippen molar-refractivity contribution in [3.05, 3.63) is 29.5 Å². The van der Waals surface area contributed by atoms with E-state index in [0.717, 1.165) is 0 Å². The van der Waals surface area contributed by atoms with Gasteiger partial charge >= 0.3 is 0 Å². The number of carbonyl (C=O) groups excluding carboxylic acids is 1. The number of ether oxygens (including phenoxy) is 1. The number of amides is 1. The minimum atomic E-state index is -1.02. The Kier molecular flexibility index (Phi) is 3.58. The fourth-order valence-electron chi connectivity index (χ4n) is 2.04. The molecule has 1 unspecified atom stereocenters. The Bertz CT molecular complexity index is 654. The monoisotopic (exact) mass is 308 g/mol. The standard InChI is InChI=1S/C12H13ClN6O2/c13-9-2-1-8(19-7-15-17-18-19)5-10(9)16-11(20)12(14)3-4-21-6-12/h1-2,5,7H,3-4,6,14H2,(H,16,20). The molecular formula is C12H13ClN6O2. The predicted octanol–water partition coefficient (Wildman–Crippen LogP) is 0.372. The smallest absolute Gasteiger partial charge is 0.246 e. The lowest BCUT2D eigenvalue weighted by molar-refractivity contribution is -0.121. The summed E-state index contributed by atoms with van der Waals surface area (Å²) in [6.45, 7) is 0.672. The minimum absolute atomic E-state index is 0.198. The van der Waals surface area contributed by atoms with E-state index in [4.69, 9.17) is 22.1 Å². The third-order valence-electron chi connectivity index (χ3n) is 3.32. The maximum Gasteiger partial charge on any atom is 0.246 e. The summed E-state index contributed by atoms with van der Waals surface area (Å²) in [4.78, 5) is 12.3. The van der Waals surface area contributed by atoms with Crippen LogP contribution in [0.1, 0.15) is 6.42 Å². The van der Waals surface area contributed by atoms with Crippen LogP contribution in [0.15, 0.2) is 24.5 Å². The van der Waals surface area contributed by atoms with Crippen molar-refractivity contribution in [3.8, 4) is 5.69 Å². The van der Waals surface area contributed by atoms with Crippen LogP contribution in [0.4, 0.5) is 5.69 Å². The molecule has 0 bridgehead atoms. The van der Waals surface area contributed by atoms with E-state index < -0.39 is 5.54 Å². The molecule has 2 heterocycles. The Morgan fingerprint density at radius 1 is 1.52 bits per heavy atom. The van der Waals surface area contributed by atoms with E-state index in [1.54, 1.807) is 18.2 Å². The van der Waals surface area contributed by atoms with Crippen molar-refractivity contribution in [1.82, 2.24) is 20.2 Å². The average molecular weight is 309 g/mol. The molecule has 0 radical (unpaired) electrons. The van der Waals surface area contributed by atoms with Crippen molar-refractivity contribution in [2.24, 2.45) is 5.73 Å². The number of halogens is 1. The maximum absolute atomic E-state index is 12.3. The molecule has 0 saturated carbocycles. The molecule has 1 saturated heterocycles. The van der Waals surface area contributed by atoms with Crippen LogP contribution in [0.25, 0.3) is 5.69 Å². The lowest BCUT2D eigenvalue weighted by Gasteiger charge is -2.21. The van der Waals surface area contributed by atoms with E-state index in [2.05, 4.69) is 20.8 Å². The Labute approximate surface area is 125 Å². The molecular weight excluding hydrogens is 296 g/mol. The highest BCUT2D eigenvalue weighted by Gasteiger charge is 2.38. The summed E-state index contributed by atoms with van der Waals surface area (Å²) in [5, 5.41) is 14.0. The molecule has 1 aliphatic rings. The number of hydrogen-bond donors (Lipinski definition) is 2. The number of nitrogens with one attached hydrogen (secondary N) is 1. The lowest BCUT2D eigenvalue weighted by Crippen LogP contribution is -2.51. The topological polar surface area (TPSA) is 108 Å². The van der Waals surface area contributed by atoms with Gasteiger partial charge in [-0.05, 0) is 35.0 Å². The first-order chi connectivity index (χ1) is 10.1. The maximum atomic E-state index is 12.3. The van der Waals surface area contributed by atoms with Crippen LogP contribution in [0.2, 0.25) is 5.02 Å². The number of rotatable bonds is 3. The van der Waals surface area contributed by atoms with Gasteiger partial charge in [-0.15, -0.1) is 5.10 Å². The summed E-state index contributed by atoms with van der Waals surface area (Å²) in [6, 6.07) is 5.07. The van der Waals surface area contributed by atoms with Crippen LogP contribution in [0, 0.1) is 0 Å². The highest BCUT2D eigenvalue weighted by Crippen LogP contribution is 2.26. The van der Waals surface area contributed by atoms with Crippen LogP contribution in [-0.4, -0.2) is 44.9 Å². The van der Waals surface area contributed by atoms with Gasteiger partial charge in [-0.3, -0.25) is 4.79 Å². The van der Waals surface area contributed by atoms with Crippen molar-refractivity contribution >= 4 is 23.2 Å². The molecule has 9 heteroatoms. The van der Waals surface area contributed by atoms with Gasteiger partial charge in [-0.1, -0.05) is 11.6 Å². The first kappa shape index (κ1) is 13.9. The summed E-state index contributed by atoms with van der Waals surface area (Å²) in [7, 11) is 0. The van der Waals surface area contributed by atoms with Gasteiger partial charge in [0.2, 0.25) is 5.91 Å². The van der Waals surface area contributed by atoms with Gasteiger partial charge in [0.25, 0.3) is 0 Å². The summed E-state index contributed by atoms with van der Waals surface area (Å²) >= 11 is 6.11. The summed E-state index contributed by atoms with van der Waals surface area (Å²) in [6.07, 6.45) is 1.92. The quantitative estimate of drug-likeness (QED) is 0.848. The van der Waals surface area contributed by atoms with Crippen LogP contribution in [0.3, 0.4) is 0 Å². The van der Waals surface area contributed by atoms with Gasteiger partial charge in [0.1, 0.15) is 11.9 Å². The molecule has 1 aromatic heterocycles. The zero-order chi connectivity index (χ0) is 14.9. The van der Waals surface area contributed by atoms with Crippen LogP contribution in [-0.2, 0) is 9.53 Å². The SMILES string of the molecule is NC1(C(=O)Nc2cc(-n3cnnn3)ccc2Cl)CCOC1. The van der Waals surface area contributed by atoms with Crippen molar-refractivity contribution < 1.29 is 9.53 Å². The van der Waals surface area contributed by atoms with Gasteiger partial charge in [-0.2, -0.15) is 0 Å². The number of nitrogens with zero attached hydrogens (tertiary/aromatic N) is 4. The minimum Gasteiger partial charge on any atom is -0.379 e. The number of tetrazole rings is 1. The van der Waals surface area contributed by atoms with Crippen LogP contribution < -0.4 is 11.1 Å². The molecule has 1 amide bonds. The second kappa shape index (κ2) is 5.40. The highest BCUT2D eigenvalue weighted by atomic mass is 35.5. The highest BCUT2D eigenvalue weighted by molar-refractivity contribution is 6.33. The van der Waals surface area contributed by atoms with Crippen molar-refractivity contribution in [2.75, 3.05) is 18.5 Å². The van der Waals surface area contributed by atoms with Gasteiger partial charge in [-0.25, -0.2) is 4.68 Å². The molecule has 0 spiro atoms. The largest absolute Gasteiger partial charge is 0.379 e. The Hall–Kier alpha value is -2.03. The third-order valence-corrected chi connectivity index (χ3v) is 3.65. The zero-order valence-electron chi connectivity index (χ0n) is 11.0. The molecule has 1 fully saturated rings. The van der Waals surface area contributed by atoms with Crippen molar-refractivity contribution in [2.45, 2.75) is 12.0 Å². The zero-order valence-corrected chi connectivity index (χ0v) is 11.7. The van der Waals surface area contributed by atoms with E-state index in [1.807, 2.05) is 0 Å². The molecule has 1 atom stereocenters. The number of anilines is 1. The second-order valence-electron chi connectivity index (χ2n) is 4.83. The number of hydrogen-bond acceptors (Lipinski definition) is 6. The number of carbonyl (C=O) groups is 1. The van der Waals surface area contributed by atoms with Crippen molar-refractivity contribution in [1.29, 1.82) is 0 Å². The van der Waals surface area contributed by atoms with E-state index in [9.17, 15) is 4.79 Å². The molecule has 8 nitrogen and oxygen atoms in total. The second-order valence-corrected chi connectivity index (χ2v) is 5.24. The Balaban J connectivity index is 1.85. The number of aromatic nitrogens is 4. The predicted molar refractivity (Wildman–Crippen MR) is 75.1 cm³/mol. The van der Waals surface area contributed by atoms with E-state index >= 15 is 0 Å². The normalized spacial score (nSPS) is 21.4. The summed E-state index contributed by atoms with van der Waals surface area (Å²) in [5.74, 6) is -0.323. The molecule has 21 heavy (non-hydrogen) atoms. The molecule has 2 aromatic rings. The first-order valence-electron chi connectivity index (χ1n) is 6.29. The third kappa shape index (κ3) is 2.73. The first-order valence-corrected chi connectivity index (χ1v) is 6.67. The summed E-state index contributed by atoms with van der Waals surface area (Å²) < 4.78 is 6.64. The molecule has 0 aliphatic carbocycles. The Morgan fingerprint density at radius 2 is 2.38 bits per heavy atom. The number of nitrogens with two attached hydrogens (primary N) is 1. The Morgan fingerprint density at radius 3 is 3.05 bits per heavy atom. The van der Waals surface area contributed by atoms with E-state index in [0.29, 0.717) is 29.4 Å². The summed E-state index contributed by atoms with van der Waals surface area (Å²) in [5.41, 5.74) is 6.12.